The maximum atomic E-state index is 14.1. The van der Waals surface area contributed by atoms with Crippen LogP contribution >= 0.6 is 0 Å². The molecule has 122 valence electrons. The number of hydrogen-bond acceptors (Lipinski definition) is 2. The normalized spacial score (nSPS) is 11.0. The molecule has 0 spiro atoms. The third-order valence-corrected chi connectivity index (χ3v) is 3.70. The highest BCUT2D eigenvalue weighted by Crippen LogP contribution is 2.31. The van der Waals surface area contributed by atoms with E-state index in [1.807, 2.05) is 25.8 Å². The molecule has 0 heterocycles. The lowest BCUT2D eigenvalue weighted by Gasteiger charge is -2.14. The van der Waals surface area contributed by atoms with Gasteiger partial charge in [0.25, 0.3) is 0 Å². The summed E-state index contributed by atoms with van der Waals surface area (Å²) in [5, 5.41) is 2.96. The van der Waals surface area contributed by atoms with Crippen molar-refractivity contribution in [3.63, 3.8) is 0 Å². The molecule has 0 saturated carbocycles. The van der Waals surface area contributed by atoms with Crippen molar-refractivity contribution < 1.29 is 8.78 Å². The van der Waals surface area contributed by atoms with Gasteiger partial charge in [0, 0.05) is 19.3 Å². The Hall–Kier alpha value is -2.43. The first-order valence-corrected chi connectivity index (χ1v) is 7.49. The Morgan fingerprint density at radius 3 is 2.61 bits per heavy atom. The molecule has 0 aliphatic rings. The number of benzene rings is 2. The number of hydrogen-bond donors (Lipinski definition) is 1. The van der Waals surface area contributed by atoms with Gasteiger partial charge in [0.2, 0.25) is 0 Å². The van der Waals surface area contributed by atoms with Crippen LogP contribution in [0.4, 0.5) is 25.8 Å². The summed E-state index contributed by atoms with van der Waals surface area (Å²) in [7, 11) is 1.89. The van der Waals surface area contributed by atoms with Crippen molar-refractivity contribution in [3.05, 3.63) is 53.1 Å². The molecule has 3 nitrogen and oxygen atoms in total. The molecule has 0 fully saturated rings. The summed E-state index contributed by atoms with van der Waals surface area (Å²) >= 11 is 0. The summed E-state index contributed by atoms with van der Waals surface area (Å²) in [4.78, 5) is 6.19. The Morgan fingerprint density at radius 2 is 1.91 bits per heavy atom. The number of aryl methyl sites for hydroxylation is 1. The molecule has 0 aromatic heterocycles. The molecule has 2 aromatic rings. The first-order chi connectivity index (χ1) is 10.9. The zero-order valence-electron chi connectivity index (χ0n) is 13.8. The van der Waals surface area contributed by atoms with Gasteiger partial charge in [-0.1, -0.05) is 12.1 Å². The zero-order valence-corrected chi connectivity index (χ0v) is 13.8. The van der Waals surface area contributed by atoms with Gasteiger partial charge >= 0.3 is 0 Å². The monoisotopic (exact) mass is 317 g/mol. The van der Waals surface area contributed by atoms with Crippen molar-refractivity contribution in [1.82, 2.24) is 4.90 Å². The van der Waals surface area contributed by atoms with E-state index in [2.05, 4.69) is 10.3 Å². The maximum absolute atomic E-state index is 14.1. The summed E-state index contributed by atoms with van der Waals surface area (Å²) in [6.45, 7) is 6.32. The second kappa shape index (κ2) is 7.22. The molecule has 2 aromatic carbocycles. The van der Waals surface area contributed by atoms with Crippen LogP contribution in [-0.4, -0.2) is 24.8 Å². The topological polar surface area (TPSA) is 27.6 Å². The number of rotatable bonds is 5. The number of halogens is 2. The number of nitrogens with one attached hydrogen (secondary N) is 1. The zero-order chi connectivity index (χ0) is 17.0. The van der Waals surface area contributed by atoms with Gasteiger partial charge in [-0.05, 0) is 50.1 Å². The summed E-state index contributed by atoms with van der Waals surface area (Å²) in [5.41, 5.74) is 2.63. The molecule has 1 N–H and O–H groups in total. The molecule has 0 unspecified atom stereocenters. The van der Waals surface area contributed by atoms with Crippen molar-refractivity contribution in [2.45, 2.75) is 20.8 Å². The van der Waals surface area contributed by atoms with Gasteiger partial charge in [-0.15, -0.1) is 0 Å². The van der Waals surface area contributed by atoms with Crippen molar-refractivity contribution in [2.24, 2.45) is 4.99 Å². The van der Waals surface area contributed by atoms with E-state index < -0.39 is 5.82 Å². The van der Waals surface area contributed by atoms with Gasteiger partial charge in [-0.2, -0.15) is 0 Å². The molecule has 0 radical (unpaired) electrons. The first-order valence-electron chi connectivity index (χ1n) is 7.49. The number of anilines is 2. The van der Waals surface area contributed by atoms with E-state index in [0.717, 1.165) is 12.1 Å². The molecule has 23 heavy (non-hydrogen) atoms. The van der Waals surface area contributed by atoms with Crippen molar-refractivity contribution in [1.29, 1.82) is 0 Å². The van der Waals surface area contributed by atoms with E-state index in [1.165, 1.54) is 12.1 Å². The van der Waals surface area contributed by atoms with Gasteiger partial charge in [0.05, 0.1) is 17.7 Å². The average Bonchev–Trinajstić information content (AvgIpc) is 2.53. The molecule has 0 atom stereocenters. The Balaban J connectivity index is 2.38. The summed E-state index contributed by atoms with van der Waals surface area (Å²) in [5.74, 6) is -0.760. The molecule has 2 rings (SSSR count). The van der Waals surface area contributed by atoms with Crippen molar-refractivity contribution >= 4 is 23.4 Å². The van der Waals surface area contributed by atoms with Crippen molar-refractivity contribution in [3.8, 4) is 0 Å². The van der Waals surface area contributed by atoms with Crippen LogP contribution in [0.15, 0.2) is 35.3 Å². The predicted octanol–water partition coefficient (Wildman–Crippen LogP) is 4.94. The molecule has 5 heteroatoms. The highest BCUT2D eigenvalue weighted by atomic mass is 19.1. The smallest absolute Gasteiger partial charge is 0.149 e. The van der Waals surface area contributed by atoms with Gasteiger partial charge < -0.3 is 10.2 Å². The molecule has 0 amide bonds. The fraction of sp³-hybridized carbons (Fsp3) is 0.278. The lowest BCUT2D eigenvalue weighted by atomic mass is 10.1. The van der Waals surface area contributed by atoms with Crippen LogP contribution in [0, 0.1) is 25.5 Å². The highest BCUT2D eigenvalue weighted by Gasteiger charge is 2.10. The van der Waals surface area contributed by atoms with Crippen LogP contribution in [0.25, 0.3) is 0 Å². The lowest BCUT2D eigenvalue weighted by molar-refractivity contribution is 0.552. The summed E-state index contributed by atoms with van der Waals surface area (Å²) in [6, 6.07) is 7.78. The van der Waals surface area contributed by atoms with Crippen LogP contribution in [0.1, 0.15) is 18.1 Å². The van der Waals surface area contributed by atoms with Crippen LogP contribution in [0.2, 0.25) is 0 Å². The minimum Gasteiger partial charge on any atom is -0.366 e. The molecule has 0 bridgehead atoms. The van der Waals surface area contributed by atoms with E-state index in [4.69, 9.17) is 0 Å². The molecule has 0 aliphatic carbocycles. The van der Waals surface area contributed by atoms with Gasteiger partial charge in [-0.25, -0.2) is 13.8 Å². The molecular weight excluding hydrogens is 296 g/mol. The van der Waals surface area contributed by atoms with Crippen LogP contribution in [-0.2, 0) is 0 Å². The van der Waals surface area contributed by atoms with Crippen LogP contribution in [0.3, 0.4) is 0 Å². The fourth-order valence-corrected chi connectivity index (χ4v) is 2.06. The Bertz CT molecular complexity index is 726. The second-order valence-corrected chi connectivity index (χ2v) is 5.48. The minimum atomic E-state index is -0.419. The standard InChI is InChI=1S/C18H21F2N3/c1-5-23(4)11-21-16-9-14(19)10-17(13(16)3)22-15-8-6-7-12(2)18(15)20/h6-11,22H,5H2,1-4H3/b21-11+. The third-order valence-electron chi connectivity index (χ3n) is 3.70. The van der Waals surface area contributed by atoms with E-state index in [1.54, 1.807) is 31.5 Å². The molecule has 0 saturated heterocycles. The Kier molecular flexibility index (Phi) is 5.32. The minimum absolute atomic E-state index is 0.319. The number of nitrogens with zero attached hydrogens (tertiary/aromatic N) is 2. The van der Waals surface area contributed by atoms with E-state index in [0.29, 0.717) is 22.6 Å². The number of aliphatic imine (C=N–C) groups is 1. The Labute approximate surface area is 135 Å². The van der Waals surface area contributed by atoms with E-state index in [9.17, 15) is 8.78 Å². The SMILES string of the molecule is CCN(C)/C=N/c1cc(F)cc(Nc2cccc(C)c2F)c1C. The molecular formula is C18H21F2N3. The quantitative estimate of drug-likeness (QED) is 0.625. The lowest BCUT2D eigenvalue weighted by Crippen LogP contribution is -2.14. The van der Waals surface area contributed by atoms with Crippen LogP contribution < -0.4 is 5.32 Å². The third kappa shape index (κ3) is 4.06. The van der Waals surface area contributed by atoms with E-state index >= 15 is 0 Å². The van der Waals surface area contributed by atoms with E-state index in [-0.39, 0.29) is 5.82 Å². The average molecular weight is 317 g/mol. The Morgan fingerprint density at radius 1 is 1.17 bits per heavy atom. The summed E-state index contributed by atoms with van der Waals surface area (Å²) in [6.07, 6.45) is 1.65. The maximum Gasteiger partial charge on any atom is 0.149 e. The second-order valence-electron chi connectivity index (χ2n) is 5.48. The van der Waals surface area contributed by atoms with Gasteiger partial charge in [0.1, 0.15) is 11.6 Å². The predicted molar refractivity (Wildman–Crippen MR) is 92.0 cm³/mol. The molecule has 0 aliphatic heterocycles. The van der Waals surface area contributed by atoms with Gasteiger partial charge in [0.15, 0.2) is 0 Å². The highest BCUT2D eigenvalue weighted by molar-refractivity contribution is 5.72. The largest absolute Gasteiger partial charge is 0.366 e. The first kappa shape index (κ1) is 16.9. The fourth-order valence-electron chi connectivity index (χ4n) is 2.06. The summed E-state index contributed by atoms with van der Waals surface area (Å²) < 4.78 is 28.0. The van der Waals surface area contributed by atoms with Crippen LogP contribution in [0.5, 0.6) is 0 Å². The van der Waals surface area contributed by atoms with Gasteiger partial charge in [-0.3, -0.25) is 0 Å². The van der Waals surface area contributed by atoms with Crippen molar-refractivity contribution in [2.75, 3.05) is 18.9 Å².